The Morgan fingerprint density at radius 2 is 1.90 bits per heavy atom. The van der Waals surface area contributed by atoms with Gasteiger partial charge in [0.1, 0.15) is 0 Å². The van der Waals surface area contributed by atoms with Gasteiger partial charge in [0.15, 0.2) is 0 Å². The van der Waals surface area contributed by atoms with Crippen molar-refractivity contribution in [2.75, 3.05) is 5.33 Å². The molecule has 2 saturated carbocycles. The van der Waals surface area contributed by atoms with Crippen LogP contribution in [0.25, 0.3) is 0 Å². The summed E-state index contributed by atoms with van der Waals surface area (Å²) in [4.78, 5) is 0. The highest BCUT2D eigenvalue weighted by Gasteiger charge is 2.34. The number of hydrogen-bond acceptors (Lipinski definition) is 1. The molecule has 0 saturated heterocycles. The zero-order valence-corrected chi connectivity index (χ0v) is 7.64. The first-order valence-corrected chi connectivity index (χ1v) is 5.22. The van der Waals surface area contributed by atoms with Crippen molar-refractivity contribution in [1.82, 2.24) is 0 Å². The smallest absolute Gasteiger partial charge is 0.0584 e. The van der Waals surface area contributed by atoms with Crippen LogP contribution in [0, 0.1) is 5.92 Å². The molecule has 1 nitrogen and oxygen atoms in total. The molecule has 0 heterocycles. The van der Waals surface area contributed by atoms with Crippen molar-refractivity contribution in [3.05, 3.63) is 0 Å². The molecule has 0 unspecified atom stereocenters. The molecule has 0 radical (unpaired) electrons. The molecule has 2 aliphatic rings. The Kier molecular flexibility index (Phi) is 2.01. The van der Waals surface area contributed by atoms with Crippen LogP contribution in [0.1, 0.15) is 25.7 Å². The molecule has 0 amide bonds. The molecule has 0 atom stereocenters. The second kappa shape index (κ2) is 2.82. The Morgan fingerprint density at radius 3 is 2.40 bits per heavy atom. The van der Waals surface area contributed by atoms with Crippen LogP contribution >= 0.6 is 15.9 Å². The lowest BCUT2D eigenvalue weighted by atomic mass is 9.84. The van der Waals surface area contributed by atoms with Gasteiger partial charge in [-0.2, -0.15) is 0 Å². The Morgan fingerprint density at radius 1 is 1.20 bits per heavy atom. The van der Waals surface area contributed by atoms with Gasteiger partial charge in [-0.1, -0.05) is 15.9 Å². The van der Waals surface area contributed by atoms with E-state index in [1.54, 1.807) is 0 Å². The van der Waals surface area contributed by atoms with E-state index in [2.05, 4.69) is 15.9 Å². The summed E-state index contributed by atoms with van der Waals surface area (Å²) in [5, 5.41) is 1.16. The highest BCUT2D eigenvalue weighted by Crippen LogP contribution is 2.36. The molecule has 10 heavy (non-hydrogen) atoms. The summed E-state index contributed by atoms with van der Waals surface area (Å²) in [7, 11) is 0. The lowest BCUT2D eigenvalue weighted by Gasteiger charge is -2.33. The molecule has 2 rings (SSSR count). The van der Waals surface area contributed by atoms with Crippen molar-refractivity contribution < 1.29 is 4.74 Å². The van der Waals surface area contributed by atoms with Gasteiger partial charge in [0.25, 0.3) is 0 Å². The number of rotatable bonds is 3. The molecule has 58 valence electrons. The van der Waals surface area contributed by atoms with Crippen LogP contribution in [0.3, 0.4) is 0 Å². The minimum absolute atomic E-state index is 0.620. The van der Waals surface area contributed by atoms with Gasteiger partial charge in [-0.25, -0.2) is 0 Å². The maximum Gasteiger partial charge on any atom is 0.0584 e. The first kappa shape index (κ1) is 7.11. The SMILES string of the molecule is BrCC1CC(OC2CC2)C1. The van der Waals surface area contributed by atoms with Crippen molar-refractivity contribution in [3.8, 4) is 0 Å². The predicted molar refractivity (Wildman–Crippen MR) is 44.4 cm³/mol. The number of ether oxygens (including phenoxy) is 1. The molecule has 0 aliphatic heterocycles. The van der Waals surface area contributed by atoms with E-state index in [1.165, 1.54) is 25.7 Å². The molecular formula is C8H13BrO. The summed E-state index contributed by atoms with van der Waals surface area (Å²) >= 11 is 3.48. The summed E-state index contributed by atoms with van der Waals surface area (Å²) in [6.07, 6.45) is 6.49. The van der Waals surface area contributed by atoms with E-state index in [-0.39, 0.29) is 0 Å². The lowest BCUT2D eigenvalue weighted by molar-refractivity contribution is -0.0338. The van der Waals surface area contributed by atoms with Gasteiger partial charge in [0, 0.05) is 5.33 Å². The molecular weight excluding hydrogens is 192 g/mol. The van der Waals surface area contributed by atoms with Gasteiger partial charge in [0.05, 0.1) is 12.2 Å². The minimum Gasteiger partial charge on any atom is -0.375 e. The van der Waals surface area contributed by atoms with Crippen LogP contribution in [0.2, 0.25) is 0 Å². The zero-order valence-electron chi connectivity index (χ0n) is 6.05. The molecule has 0 aromatic heterocycles. The van der Waals surface area contributed by atoms with E-state index in [4.69, 9.17) is 4.74 Å². The highest BCUT2D eigenvalue weighted by molar-refractivity contribution is 9.09. The van der Waals surface area contributed by atoms with Crippen LogP contribution in [0.15, 0.2) is 0 Å². The standard InChI is InChI=1S/C8H13BrO/c9-5-6-3-8(4-6)10-7-1-2-7/h6-8H,1-5H2. The second-order valence-electron chi connectivity index (χ2n) is 3.45. The van der Waals surface area contributed by atoms with Crippen LogP contribution in [-0.2, 0) is 4.74 Å². The number of halogens is 1. The minimum atomic E-state index is 0.620. The molecule has 0 bridgehead atoms. The Labute approximate surface area is 70.3 Å². The van der Waals surface area contributed by atoms with Gasteiger partial charge in [-0.05, 0) is 31.6 Å². The maximum absolute atomic E-state index is 5.71. The highest BCUT2D eigenvalue weighted by atomic mass is 79.9. The topological polar surface area (TPSA) is 9.23 Å². The third-order valence-corrected chi connectivity index (χ3v) is 3.24. The summed E-state index contributed by atoms with van der Waals surface area (Å²) in [5.41, 5.74) is 0. The molecule has 0 aromatic carbocycles. The van der Waals surface area contributed by atoms with Gasteiger partial charge >= 0.3 is 0 Å². The normalized spacial score (nSPS) is 39.3. The largest absolute Gasteiger partial charge is 0.375 e. The fraction of sp³-hybridized carbons (Fsp3) is 1.00. The first-order chi connectivity index (χ1) is 4.88. The summed E-state index contributed by atoms with van der Waals surface area (Å²) < 4.78 is 5.71. The molecule has 0 spiro atoms. The fourth-order valence-corrected chi connectivity index (χ4v) is 1.92. The Hall–Kier alpha value is 0.440. The lowest BCUT2D eigenvalue weighted by Crippen LogP contribution is -2.32. The summed E-state index contributed by atoms with van der Waals surface area (Å²) in [6, 6.07) is 0. The van der Waals surface area contributed by atoms with E-state index in [0.717, 1.165) is 11.2 Å². The van der Waals surface area contributed by atoms with Crippen molar-refractivity contribution in [3.63, 3.8) is 0 Å². The van der Waals surface area contributed by atoms with E-state index in [1.807, 2.05) is 0 Å². The summed E-state index contributed by atoms with van der Waals surface area (Å²) in [5.74, 6) is 0.906. The van der Waals surface area contributed by atoms with E-state index in [0.29, 0.717) is 12.2 Å². The maximum atomic E-state index is 5.71. The molecule has 2 heteroatoms. The second-order valence-corrected chi connectivity index (χ2v) is 4.10. The zero-order chi connectivity index (χ0) is 6.97. The third-order valence-electron chi connectivity index (χ3n) is 2.32. The third kappa shape index (κ3) is 1.54. The van der Waals surface area contributed by atoms with Crippen LogP contribution in [0.5, 0.6) is 0 Å². The van der Waals surface area contributed by atoms with E-state index < -0.39 is 0 Å². The molecule has 2 fully saturated rings. The Balaban J connectivity index is 1.60. The van der Waals surface area contributed by atoms with Gasteiger partial charge in [-0.3, -0.25) is 0 Å². The van der Waals surface area contributed by atoms with Gasteiger partial charge < -0.3 is 4.74 Å². The average molecular weight is 205 g/mol. The molecule has 0 N–H and O–H groups in total. The predicted octanol–water partition coefficient (Wildman–Crippen LogP) is 2.34. The van der Waals surface area contributed by atoms with Crippen LogP contribution in [-0.4, -0.2) is 17.5 Å². The van der Waals surface area contributed by atoms with E-state index >= 15 is 0 Å². The van der Waals surface area contributed by atoms with Gasteiger partial charge in [-0.15, -0.1) is 0 Å². The van der Waals surface area contributed by atoms with Gasteiger partial charge in [0.2, 0.25) is 0 Å². The van der Waals surface area contributed by atoms with Crippen molar-refractivity contribution >= 4 is 15.9 Å². The number of hydrogen-bond donors (Lipinski definition) is 0. The van der Waals surface area contributed by atoms with Crippen molar-refractivity contribution in [2.45, 2.75) is 37.9 Å². The summed E-state index contributed by atoms with van der Waals surface area (Å²) in [6.45, 7) is 0. The Bertz CT molecular complexity index is 116. The van der Waals surface area contributed by atoms with Crippen LogP contribution in [0.4, 0.5) is 0 Å². The quantitative estimate of drug-likeness (QED) is 0.642. The molecule has 2 aliphatic carbocycles. The van der Waals surface area contributed by atoms with Crippen molar-refractivity contribution in [1.29, 1.82) is 0 Å². The first-order valence-electron chi connectivity index (χ1n) is 4.10. The van der Waals surface area contributed by atoms with Crippen molar-refractivity contribution in [2.24, 2.45) is 5.92 Å². The monoisotopic (exact) mass is 204 g/mol. The average Bonchev–Trinajstić information content (AvgIpc) is 2.60. The fourth-order valence-electron chi connectivity index (χ4n) is 1.39. The number of alkyl halides is 1. The van der Waals surface area contributed by atoms with Crippen LogP contribution < -0.4 is 0 Å². The van der Waals surface area contributed by atoms with E-state index in [9.17, 15) is 0 Å². The molecule has 0 aromatic rings.